The summed E-state index contributed by atoms with van der Waals surface area (Å²) in [6, 6.07) is 17.5. The molecule has 0 fully saturated rings. The molecular weight excluding hydrogens is 376 g/mol. The van der Waals surface area contributed by atoms with E-state index in [0.717, 1.165) is 52.6 Å². The van der Waals surface area contributed by atoms with E-state index in [2.05, 4.69) is 10.6 Å². The molecule has 1 aromatic heterocycles. The molecular formula is C24H20N4O2. The first-order valence-electron chi connectivity index (χ1n) is 10.2. The van der Waals surface area contributed by atoms with Gasteiger partial charge in [0.2, 0.25) is 5.91 Å². The van der Waals surface area contributed by atoms with E-state index in [4.69, 9.17) is 5.10 Å². The van der Waals surface area contributed by atoms with E-state index < -0.39 is 5.41 Å². The monoisotopic (exact) mass is 396 g/mol. The molecule has 3 heterocycles. The number of aryl methyl sites for hydroxylation is 1. The van der Waals surface area contributed by atoms with Crippen molar-refractivity contribution in [2.45, 2.75) is 31.6 Å². The number of nitrogens with zero attached hydrogens (tertiary/aromatic N) is 2. The Kier molecular flexibility index (Phi) is 3.40. The normalized spacial score (nSPS) is 21.8. The third-order valence-electron chi connectivity index (χ3n) is 6.41. The number of nitrogens with one attached hydrogen (secondary N) is 2. The molecule has 1 aliphatic carbocycles. The highest BCUT2D eigenvalue weighted by Crippen LogP contribution is 2.56. The second kappa shape index (κ2) is 5.92. The van der Waals surface area contributed by atoms with Gasteiger partial charge in [-0.2, -0.15) is 5.10 Å². The maximum Gasteiger partial charge on any atom is 0.244 e. The van der Waals surface area contributed by atoms with Gasteiger partial charge in [-0.25, -0.2) is 4.68 Å². The maximum absolute atomic E-state index is 13.7. The molecule has 2 aromatic carbocycles. The van der Waals surface area contributed by atoms with Gasteiger partial charge < -0.3 is 10.6 Å². The summed E-state index contributed by atoms with van der Waals surface area (Å²) in [5, 5.41) is 11.3. The van der Waals surface area contributed by atoms with Crippen LogP contribution in [-0.4, -0.2) is 21.5 Å². The molecule has 0 saturated heterocycles. The van der Waals surface area contributed by atoms with Gasteiger partial charge in [0.1, 0.15) is 11.2 Å². The second-order valence-corrected chi connectivity index (χ2v) is 8.06. The molecule has 0 unspecified atom stereocenters. The minimum atomic E-state index is -1.17. The summed E-state index contributed by atoms with van der Waals surface area (Å²) in [6.07, 6.45) is 1.97. The average molecular weight is 396 g/mol. The molecule has 3 aliphatic rings. The predicted octanol–water partition coefficient (Wildman–Crippen LogP) is 3.85. The van der Waals surface area contributed by atoms with Gasteiger partial charge in [0, 0.05) is 34.5 Å². The van der Waals surface area contributed by atoms with Gasteiger partial charge in [0.05, 0.1) is 11.4 Å². The first-order chi connectivity index (χ1) is 14.6. The number of amides is 1. The van der Waals surface area contributed by atoms with E-state index in [0.29, 0.717) is 12.0 Å². The molecule has 30 heavy (non-hydrogen) atoms. The molecule has 1 amide bonds. The number of anilines is 2. The lowest BCUT2D eigenvalue weighted by molar-refractivity contribution is -0.122. The summed E-state index contributed by atoms with van der Waals surface area (Å²) < 4.78 is 1.85. The molecule has 2 N–H and O–H groups in total. The number of para-hydroxylation sites is 2. The Bertz CT molecular complexity index is 1270. The van der Waals surface area contributed by atoms with Gasteiger partial charge in [-0.3, -0.25) is 9.59 Å². The number of carbonyl (C=O) groups excluding carboxylic acids is 2. The molecule has 1 atom stereocenters. The van der Waals surface area contributed by atoms with Crippen LogP contribution in [0.3, 0.4) is 0 Å². The van der Waals surface area contributed by atoms with E-state index in [1.807, 2.05) is 66.2 Å². The van der Waals surface area contributed by atoms with Gasteiger partial charge in [-0.15, -0.1) is 0 Å². The predicted molar refractivity (Wildman–Crippen MR) is 114 cm³/mol. The summed E-state index contributed by atoms with van der Waals surface area (Å²) in [5.74, 6) is 0.622. The number of fused-ring (bicyclic) bond motifs is 5. The molecule has 148 valence electrons. The van der Waals surface area contributed by atoms with Gasteiger partial charge in [0.25, 0.3) is 0 Å². The summed E-state index contributed by atoms with van der Waals surface area (Å²) in [6.45, 7) is 1.91. The van der Waals surface area contributed by atoms with Crippen LogP contribution in [0.4, 0.5) is 11.5 Å². The van der Waals surface area contributed by atoms with Gasteiger partial charge in [0.15, 0.2) is 5.78 Å². The Morgan fingerprint density at radius 3 is 2.57 bits per heavy atom. The SMILES string of the molecule is Cc1nn(-c2ccccc2)c2c1[C@]1(C(=O)Nc3ccccc31)C1=C(CCCC1=O)N2. The van der Waals surface area contributed by atoms with Crippen LogP contribution < -0.4 is 10.6 Å². The van der Waals surface area contributed by atoms with Crippen LogP contribution in [0, 0.1) is 6.92 Å². The lowest BCUT2D eigenvalue weighted by Gasteiger charge is -2.38. The van der Waals surface area contributed by atoms with Crippen LogP contribution in [0.5, 0.6) is 0 Å². The largest absolute Gasteiger partial charge is 0.343 e. The van der Waals surface area contributed by atoms with Gasteiger partial charge >= 0.3 is 0 Å². The summed E-state index contributed by atoms with van der Waals surface area (Å²) >= 11 is 0. The van der Waals surface area contributed by atoms with Crippen molar-refractivity contribution < 1.29 is 9.59 Å². The van der Waals surface area contributed by atoms with Crippen LogP contribution >= 0.6 is 0 Å². The second-order valence-electron chi connectivity index (χ2n) is 8.06. The number of hydrogen-bond donors (Lipinski definition) is 2. The van der Waals surface area contributed by atoms with E-state index in [1.165, 1.54) is 0 Å². The summed E-state index contributed by atoms with van der Waals surface area (Å²) in [5.41, 5.74) is 4.25. The van der Waals surface area contributed by atoms with Crippen LogP contribution in [0.2, 0.25) is 0 Å². The van der Waals surface area contributed by atoms with Crippen LogP contribution in [0.15, 0.2) is 65.9 Å². The topological polar surface area (TPSA) is 76.0 Å². The Balaban J connectivity index is 1.73. The highest BCUT2D eigenvalue weighted by molar-refractivity contribution is 6.20. The third-order valence-corrected chi connectivity index (χ3v) is 6.41. The highest BCUT2D eigenvalue weighted by Gasteiger charge is 2.59. The highest BCUT2D eigenvalue weighted by atomic mass is 16.2. The fourth-order valence-corrected chi connectivity index (χ4v) is 5.27. The van der Waals surface area contributed by atoms with Crippen molar-refractivity contribution in [1.82, 2.24) is 9.78 Å². The standard InChI is InChI=1S/C24H20N4O2/c1-14-20-22(28(27-14)15-8-3-2-4-9-15)25-18-12-7-13-19(29)21(18)24(20)16-10-5-6-11-17(16)26-23(24)30/h2-6,8-11,25H,7,12-13H2,1H3,(H,26,30)/t24-/m0/s1. The first kappa shape index (κ1) is 17.2. The van der Waals surface area contributed by atoms with Crippen LogP contribution in [-0.2, 0) is 15.0 Å². The molecule has 1 spiro atoms. The summed E-state index contributed by atoms with van der Waals surface area (Å²) in [4.78, 5) is 26.9. The van der Waals surface area contributed by atoms with Crippen molar-refractivity contribution in [2.75, 3.05) is 10.6 Å². The third kappa shape index (κ3) is 2.00. The quantitative estimate of drug-likeness (QED) is 0.655. The van der Waals surface area contributed by atoms with Crippen molar-refractivity contribution in [3.8, 4) is 5.69 Å². The number of Topliss-reactive ketones (excluding diaryl/α,β-unsaturated/α-hetero) is 1. The number of aromatic nitrogens is 2. The van der Waals surface area contributed by atoms with Crippen molar-refractivity contribution in [3.05, 3.63) is 82.7 Å². The van der Waals surface area contributed by atoms with E-state index >= 15 is 0 Å². The fraction of sp³-hybridized carbons (Fsp3) is 0.208. The fourth-order valence-electron chi connectivity index (χ4n) is 5.27. The number of ketones is 1. The van der Waals surface area contributed by atoms with Crippen molar-refractivity contribution in [2.24, 2.45) is 0 Å². The number of hydrogen-bond acceptors (Lipinski definition) is 4. The van der Waals surface area contributed by atoms with Crippen molar-refractivity contribution in [1.29, 1.82) is 0 Å². The zero-order valence-corrected chi connectivity index (χ0v) is 16.5. The minimum Gasteiger partial charge on any atom is -0.343 e. The molecule has 6 heteroatoms. The Morgan fingerprint density at radius 2 is 1.73 bits per heavy atom. The number of allylic oxidation sites excluding steroid dienone is 1. The summed E-state index contributed by atoms with van der Waals surface area (Å²) in [7, 11) is 0. The smallest absolute Gasteiger partial charge is 0.244 e. The lowest BCUT2D eigenvalue weighted by Crippen LogP contribution is -2.46. The Hall–Kier alpha value is -3.67. The molecule has 2 aliphatic heterocycles. The zero-order chi connectivity index (χ0) is 20.5. The van der Waals surface area contributed by atoms with E-state index in [1.54, 1.807) is 0 Å². The average Bonchev–Trinajstić information content (AvgIpc) is 3.24. The molecule has 6 nitrogen and oxygen atoms in total. The van der Waals surface area contributed by atoms with Gasteiger partial charge in [-0.05, 0) is 38.0 Å². The van der Waals surface area contributed by atoms with Gasteiger partial charge in [-0.1, -0.05) is 36.4 Å². The Labute approximate surface area is 173 Å². The maximum atomic E-state index is 13.7. The molecule has 3 aromatic rings. The van der Waals surface area contributed by atoms with Crippen molar-refractivity contribution in [3.63, 3.8) is 0 Å². The first-order valence-corrected chi connectivity index (χ1v) is 10.2. The molecule has 0 bridgehead atoms. The lowest BCUT2D eigenvalue weighted by atomic mass is 9.64. The number of rotatable bonds is 1. The number of carbonyl (C=O) groups is 2. The molecule has 0 radical (unpaired) electrons. The van der Waals surface area contributed by atoms with Crippen LogP contribution in [0.1, 0.15) is 36.1 Å². The molecule has 6 rings (SSSR count). The van der Waals surface area contributed by atoms with E-state index in [-0.39, 0.29) is 11.7 Å². The number of benzene rings is 2. The minimum absolute atomic E-state index is 0.0353. The molecule has 0 saturated carbocycles. The van der Waals surface area contributed by atoms with Crippen molar-refractivity contribution >= 4 is 23.2 Å². The zero-order valence-electron chi connectivity index (χ0n) is 16.5. The Morgan fingerprint density at radius 1 is 0.967 bits per heavy atom. The van der Waals surface area contributed by atoms with Crippen LogP contribution in [0.25, 0.3) is 5.69 Å². The van der Waals surface area contributed by atoms with E-state index in [9.17, 15) is 9.59 Å².